The van der Waals surface area contributed by atoms with Gasteiger partial charge in [-0.05, 0) is 105 Å². The number of amides is 17. The Morgan fingerprint density at radius 3 is 1.78 bits per heavy atom. The second-order valence-electron chi connectivity index (χ2n) is 35.0. The zero-order valence-corrected chi connectivity index (χ0v) is 78.5. The molecule has 5 heterocycles. The summed E-state index contributed by atoms with van der Waals surface area (Å²) < 4.78 is 6.78. The highest BCUT2D eigenvalue weighted by atomic mass is 32.2. The standard InChI is InChI=1S/C91H131N21O21S/c1-12-14-24-69-84(125)100-61(35-49(3)4)81(122)105-67(79(120)97-43-74(95)115)47-134-48-75(116)98-63(36-52-28-30-56(133-11)31-29-52)87(128)107(8)51(7)78(119)102-65(40-73(94)114)89(130)111-34-20-27-70(111)85(126)104-66(41-93)83(124)106-77(50(5)6)91(132)112-45-55(113)39-72(112)86(127)101-62(37-53-42-96-59-23-18-16-21-57(53)59)82(123)99-60(32-33-92)80(121)103-64(88(129)109(10)71(25-15-13-2)90(131)108(69)9)38-54-44-110(46-76(117)118)68-26-19-17-22-58(54)68/h16-19,21-23,26,28-31,42,44,49-51,55,60-67,69-72,77,96,113H,12-15,20,24-25,27,32-41,43,45-48,92-93H2,1-11H3,(H2,94,114)(H2,95,115)(H,97,120)(H,98,116)(H,99,123)(H,100,125)(H,101,127)(H,102,119)(H,103,121)(H,104,126)(H,105,122)(H,106,124)(H,117,118)/t51-,55-,60-,61-,62-,63-,64-,65-,66-,67-,69-,70+,71-,72+,77-/m0/s1. The number of nitrogens with one attached hydrogen (secondary N) is 11. The molecule has 42 nitrogen and oxygen atoms in total. The predicted molar refractivity (Wildman–Crippen MR) is 495 cm³/mol. The average Bonchev–Trinajstić information content (AvgIpc) is 1.65. The molecule has 0 unspecified atom stereocenters. The smallest absolute Gasteiger partial charge is 0.323 e. The van der Waals surface area contributed by atoms with Crippen molar-refractivity contribution in [3.8, 4) is 5.75 Å². The number of aliphatic carboxylic acids is 1. The van der Waals surface area contributed by atoms with Gasteiger partial charge in [0.2, 0.25) is 100 Å². The lowest BCUT2D eigenvalue weighted by Gasteiger charge is -2.36. The van der Waals surface area contributed by atoms with Crippen molar-refractivity contribution in [2.75, 3.05) is 72.5 Å². The van der Waals surface area contributed by atoms with E-state index in [1.165, 1.54) is 50.8 Å². The summed E-state index contributed by atoms with van der Waals surface area (Å²) in [6.07, 6.45) is 1.17. The molecule has 3 aliphatic rings. The Labute approximate surface area is 781 Å². The summed E-state index contributed by atoms with van der Waals surface area (Å²) in [5, 5.41) is 49.2. The van der Waals surface area contributed by atoms with E-state index < -0.39 is 247 Å². The third kappa shape index (κ3) is 28.9. The second kappa shape index (κ2) is 50.4. The minimum absolute atomic E-state index is 0.00747. The molecule has 3 aromatic carbocycles. The number of nitrogens with two attached hydrogens (primary N) is 4. The third-order valence-electron chi connectivity index (χ3n) is 24.2. The SMILES string of the molecule is CCCC[C@H]1C(=O)N(C)[C@@H](CCCC)C(=O)N[C@@H](CC(C)C)C(=O)N[C@H](C(=O)NCC(N)=O)CSCC(=O)N[C@@H](Cc2ccc(OC)cc2)C(=O)N(C)[C@@H](C)C(=O)N[C@@H](CC(N)=O)C(=O)N2CCC[C@@H]2C(=O)N[C@@H](CN)C(=O)N[C@@H](C(C)C)C(=O)N2C[C@@H](O)C[C@@H]2C(=O)N[C@@H](Cc2c[nH]c3ccccc23)C(=O)N[C@@H](CCN)C(=O)N[C@@H](Cc2cn(CC(=O)O)c3ccccc23)C(=O)N1C. The number of aromatic amines is 1. The molecule has 3 aliphatic heterocycles. The number of carboxylic acid groups (broad SMARTS) is 1. The van der Waals surface area contributed by atoms with Crippen LogP contribution in [-0.2, 0) is 112 Å². The van der Waals surface area contributed by atoms with E-state index >= 15 is 33.6 Å². The molecule has 8 rings (SSSR count). The number of methoxy groups -OCH3 is 1. The van der Waals surface area contributed by atoms with E-state index in [0.717, 1.165) is 31.4 Å². The first-order chi connectivity index (χ1) is 63.6. The van der Waals surface area contributed by atoms with Crippen LogP contribution in [0.4, 0.5) is 0 Å². The number of aliphatic hydroxyl groups is 1. The van der Waals surface area contributed by atoms with Crippen LogP contribution in [0.15, 0.2) is 85.2 Å². The number of rotatable bonds is 26. The first-order valence-corrected chi connectivity index (χ1v) is 46.4. The number of H-pyrrole nitrogens is 1. The van der Waals surface area contributed by atoms with E-state index in [4.69, 9.17) is 27.7 Å². The number of hydrogen-bond donors (Lipinski definition) is 17. The first kappa shape index (κ1) is 107. The quantitative estimate of drug-likeness (QED) is 0.0276. The largest absolute Gasteiger partial charge is 0.497 e. The van der Waals surface area contributed by atoms with Crippen LogP contribution >= 0.6 is 11.8 Å². The summed E-state index contributed by atoms with van der Waals surface area (Å²) >= 11 is 0.804. The molecule has 3 fully saturated rings. The van der Waals surface area contributed by atoms with Crippen molar-refractivity contribution in [1.82, 2.24) is 87.2 Å². The topological polar surface area (TPSA) is 618 Å². The van der Waals surface area contributed by atoms with Gasteiger partial charge in [-0.15, -0.1) is 11.8 Å². The number of para-hydroxylation sites is 2. The molecule has 3 saturated heterocycles. The van der Waals surface area contributed by atoms with Gasteiger partial charge in [0.25, 0.3) is 0 Å². The molecule has 134 heavy (non-hydrogen) atoms. The van der Waals surface area contributed by atoms with Crippen molar-refractivity contribution in [1.29, 1.82) is 0 Å². The van der Waals surface area contributed by atoms with Crippen molar-refractivity contribution in [3.05, 3.63) is 102 Å². The number of hydrogen-bond acceptors (Lipinski definition) is 23. The van der Waals surface area contributed by atoms with Gasteiger partial charge >= 0.3 is 5.97 Å². The lowest BCUT2D eigenvalue weighted by atomic mass is 9.99. The number of carboxylic acids is 1. The Kier molecular flexibility index (Phi) is 40.1. The fraction of sp³-hybridized carbons (Fsp3) is 0.560. The Balaban J connectivity index is 1.20. The van der Waals surface area contributed by atoms with E-state index in [1.54, 1.807) is 107 Å². The van der Waals surface area contributed by atoms with Gasteiger partial charge in [-0.1, -0.05) is 116 Å². The Bertz CT molecular complexity index is 5050. The van der Waals surface area contributed by atoms with Gasteiger partial charge in [0.15, 0.2) is 0 Å². The van der Waals surface area contributed by atoms with Crippen LogP contribution in [0.3, 0.4) is 0 Å². The van der Waals surface area contributed by atoms with Gasteiger partial charge in [0.1, 0.15) is 96.9 Å². The minimum Gasteiger partial charge on any atom is -0.497 e. The van der Waals surface area contributed by atoms with Gasteiger partial charge in [0, 0.05) is 106 Å². The Morgan fingerprint density at radius 2 is 1.15 bits per heavy atom. The number of aliphatic hydroxyl groups excluding tert-OH is 1. The molecule has 21 N–H and O–H groups in total. The number of ether oxygens (including phenoxy) is 1. The number of primary amides is 2. The first-order valence-electron chi connectivity index (χ1n) is 45.2. The maximum absolute atomic E-state index is 16.0. The number of aromatic nitrogens is 2. The highest BCUT2D eigenvalue weighted by Crippen LogP contribution is 2.29. The molecule has 0 spiro atoms. The second-order valence-corrected chi connectivity index (χ2v) is 36.1. The number of fused-ring (bicyclic) bond motifs is 4. The minimum atomic E-state index is -1.76. The Morgan fingerprint density at radius 1 is 0.575 bits per heavy atom. The molecule has 0 bridgehead atoms. The maximum atomic E-state index is 16.0. The van der Waals surface area contributed by atoms with Crippen molar-refractivity contribution >= 4 is 140 Å². The van der Waals surface area contributed by atoms with E-state index in [2.05, 4.69) is 58.2 Å². The summed E-state index contributed by atoms with van der Waals surface area (Å²) in [7, 11) is 5.38. The third-order valence-corrected chi connectivity index (χ3v) is 25.2. The molecule has 5 aromatic rings. The zero-order chi connectivity index (χ0) is 98.6. The number of carbonyl (C=O) groups is 18. The van der Waals surface area contributed by atoms with Gasteiger partial charge < -0.3 is 125 Å². The van der Waals surface area contributed by atoms with Crippen LogP contribution in [0.25, 0.3) is 21.8 Å². The van der Waals surface area contributed by atoms with Crippen LogP contribution in [0, 0.1) is 11.8 Å². The lowest BCUT2D eigenvalue weighted by molar-refractivity contribution is -0.149. The highest BCUT2D eigenvalue weighted by molar-refractivity contribution is 8.00. The van der Waals surface area contributed by atoms with Crippen LogP contribution in [0.5, 0.6) is 5.75 Å². The van der Waals surface area contributed by atoms with Crippen molar-refractivity contribution < 1.29 is 101 Å². The number of likely N-dealkylation sites (N-methyl/N-ethyl adjacent to an activating group) is 3. The molecular formula is C91H131N21O21S. The molecule has 2 aromatic heterocycles. The summed E-state index contributed by atoms with van der Waals surface area (Å²) in [5.41, 5.74) is 26.0. The molecule has 732 valence electrons. The summed E-state index contributed by atoms with van der Waals surface area (Å²) in [6.45, 7) is 8.99. The summed E-state index contributed by atoms with van der Waals surface area (Å²) in [4.78, 5) is 271. The highest BCUT2D eigenvalue weighted by Gasteiger charge is 2.47. The summed E-state index contributed by atoms with van der Waals surface area (Å²) in [5.74, 6) is -18.5. The van der Waals surface area contributed by atoms with Crippen molar-refractivity contribution in [2.45, 2.75) is 242 Å². The lowest BCUT2D eigenvalue weighted by Crippen LogP contribution is -2.62. The number of benzene rings is 3. The average molecular weight is 1890 g/mol. The number of nitrogens with zero attached hydrogens (tertiary/aromatic N) is 6. The summed E-state index contributed by atoms with van der Waals surface area (Å²) in [6, 6.07) is -1.17. The van der Waals surface area contributed by atoms with E-state index in [1.807, 2.05) is 13.8 Å². The van der Waals surface area contributed by atoms with Crippen LogP contribution in [-0.4, -0.2) is 314 Å². The van der Waals surface area contributed by atoms with E-state index in [9.17, 15) is 63.0 Å². The Hall–Kier alpha value is -12.8. The number of thioether (sulfide) groups is 1. The van der Waals surface area contributed by atoms with Crippen LogP contribution in [0.2, 0.25) is 0 Å². The van der Waals surface area contributed by atoms with Gasteiger partial charge in [-0.3, -0.25) is 86.3 Å². The van der Waals surface area contributed by atoms with E-state index in [-0.39, 0.29) is 83.2 Å². The fourth-order valence-corrected chi connectivity index (χ4v) is 17.6. The fourth-order valence-electron chi connectivity index (χ4n) is 16.7. The van der Waals surface area contributed by atoms with Crippen molar-refractivity contribution in [3.63, 3.8) is 0 Å². The van der Waals surface area contributed by atoms with Gasteiger partial charge in [-0.25, -0.2) is 0 Å². The number of unbranched alkanes of at least 4 members (excludes halogenated alkanes) is 2. The normalized spacial score (nSPS) is 24.9. The van der Waals surface area contributed by atoms with Crippen LogP contribution < -0.4 is 80.8 Å². The molecule has 43 heteroatoms. The molecule has 0 radical (unpaired) electrons. The van der Waals surface area contributed by atoms with Crippen LogP contribution in [0.1, 0.15) is 142 Å². The molecule has 0 aliphatic carbocycles. The molecule has 17 amide bonds. The molecular weight excluding hydrogens is 1760 g/mol. The van der Waals surface area contributed by atoms with Gasteiger partial charge in [0.05, 0.1) is 31.9 Å². The van der Waals surface area contributed by atoms with Crippen molar-refractivity contribution in [2.24, 2.45) is 34.8 Å². The maximum Gasteiger partial charge on any atom is 0.323 e. The van der Waals surface area contributed by atoms with Gasteiger partial charge in [-0.2, -0.15) is 0 Å². The number of carbonyl (C=O) groups excluding carboxylic acids is 17. The monoisotopic (exact) mass is 1890 g/mol. The van der Waals surface area contributed by atoms with E-state index in [0.29, 0.717) is 69.9 Å². The molecule has 15 atom stereocenters. The predicted octanol–water partition coefficient (Wildman–Crippen LogP) is -2.33. The molecule has 0 saturated carbocycles. The zero-order valence-electron chi connectivity index (χ0n) is 77.7.